The van der Waals surface area contributed by atoms with Crippen LogP contribution in [0.25, 0.3) is 33.4 Å². The van der Waals surface area contributed by atoms with Gasteiger partial charge in [-0.25, -0.2) is 0 Å². The van der Waals surface area contributed by atoms with Gasteiger partial charge in [0.1, 0.15) is 0 Å². The first kappa shape index (κ1) is 44.4. The van der Waals surface area contributed by atoms with Gasteiger partial charge in [0.2, 0.25) is 0 Å². The van der Waals surface area contributed by atoms with Crippen LogP contribution in [0.15, 0.2) is 127 Å². The molecule has 7 aromatic rings. The second-order valence-corrected chi connectivity index (χ2v) is 25.8. The van der Waals surface area contributed by atoms with E-state index in [0.29, 0.717) is 0 Å². The van der Waals surface area contributed by atoms with Crippen LogP contribution >= 0.6 is 0 Å². The zero-order chi connectivity index (χ0) is 48.5. The molecule has 1 fully saturated rings. The lowest BCUT2D eigenvalue weighted by Gasteiger charge is -2.53. The summed E-state index contributed by atoms with van der Waals surface area (Å²) in [5.41, 5.74) is 28.5. The largest absolute Gasteiger partial charge is 0.335 e. The molecule has 2 aliphatic carbocycles. The van der Waals surface area contributed by atoms with Crippen LogP contribution in [-0.2, 0) is 27.1 Å². The first-order valence-corrected chi connectivity index (χ1v) is 26.1. The van der Waals surface area contributed by atoms with Crippen molar-refractivity contribution in [2.45, 2.75) is 155 Å². The molecule has 0 amide bonds. The van der Waals surface area contributed by atoms with E-state index in [1.54, 1.807) is 5.56 Å². The minimum Gasteiger partial charge on any atom is -0.335 e. The zero-order valence-corrected chi connectivity index (χ0v) is 43.9. The van der Waals surface area contributed by atoms with E-state index < -0.39 is 0 Å². The van der Waals surface area contributed by atoms with Gasteiger partial charge >= 0.3 is 0 Å². The summed E-state index contributed by atoms with van der Waals surface area (Å²) in [6.45, 7) is 34.0. The molecule has 3 aliphatic heterocycles. The minimum atomic E-state index is -0.207. The Morgan fingerprint density at radius 3 is 1.62 bits per heavy atom. The lowest BCUT2D eigenvalue weighted by Crippen LogP contribution is -2.64. The number of nitrogens with zero attached hydrogens (tertiary/aromatic N) is 2. The van der Waals surface area contributed by atoms with Crippen LogP contribution in [0.4, 0.5) is 28.4 Å². The van der Waals surface area contributed by atoms with Crippen molar-refractivity contribution in [3.63, 3.8) is 0 Å². The molecule has 5 aliphatic rings. The maximum absolute atomic E-state index is 2.91. The molecule has 69 heavy (non-hydrogen) atoms. The molecule has 0 aromatic heterocycles. The van der Waals surface area contributed by atoms with Crippen LogP contribution in [0.5, 0.6) is 0 Å². The molecule has 2 unspecified atom stereocenters. The van der Waals surface area contributed by atoms with Gasteiger partial charge in [0.25, 0.3) is 6.71 Å². The van der Waals surface area contributed by atoms with Crippen molar-refractivity contribution < 1.29 is 0 Å². The number of benzene rings is 7. The van der Waals surface area contributed by atoms with Crippen molar-refractivity contribution in [3.8, 4) is 33.4 Å². The lowest BCUT2D eigenvalue weighted by molar-refractivity contribution is 0.195. The van der Waals surface area contributed by atoms with E-state index in [1.807, 2.05) is 0 Å². The van der Waals surface area contributed by atoms with Gasteiger partial charge in [-0.3, -0.25) is 0 Å². The Morgan fingerprint density at radius 2 is 1.01 bits per heavy atom. The fourth-order valence-electron chi connectivity index (χ4n) is 13.8. The molecule has 348 valence electrons. The first-order chi connectivity index (χ1) is 32.5. The van der Waals surface area contributed by atoms with Gasteiger partial charge in [-0.05, 0) is 151 Å². The van der Waals surface area contributed by atoms with Gasteiger partial charge in [-0.1, -0.05) is 193 Å². The third-order valence-electron chi connectivity index (χ3n) is 18.1. The van der Waals surface area contributed by atoms with Gasteiger partial charge < -0.3 is 9.80 Å². The normalized spacial score (nSPS) is 20.5. The Balaban J connectivity index is 1.27. The number of aryl methyl sites for hydroxylation is 1. The topological polar surface area (TPSA) is 6.48 Å². The van der Waals surface area contributed by atoms with Crippen LogP contribution in [0, 0.1) is 6.92 Å². The van der Waals surface area contributed by atoms with E-state index in [9.17, 15) is 0 Å². The molecule has 2 atom stereocenters. The van der Waals surface area contributed by atoms with Gasteiger partial charge in [0.15, 0.2) is 0 Å². The molecule has 2 nitrogen and oxygen atoms in total. The summed E-state index contributed by atoms with van der Waals surface area (Å²) >= 11 is 0. The van der Waals surface area contributed by atoms with Crippen LogP contribution < -0.4 is 26.2 Å². The van der Waals surface area contributed by atoms with Crippen molar-refractivity contribution in [2.24, 2.45) is 0 Å². The molecule has 0 saturated heterocycles. The third kappa shape index (κ3) is 6.17. The second-order valence-electron chi connectivity index (χ2n) is 25.8. The fourth-order valence-corrected chi connectivity index (χ4v) is 13.8. The van der Waals surface area contributed by atoms with E-state index in [-0.39, 0.29) is 39.3 Å². The third-order valence-corrected chi connectivity index (χ3v) is 18.1. The Morgan fingerprint density at radius 1 is 0.464 bits per heavy atom. The zero-order valence-electron chi connectivity index (χ0n) is 43.9. The quantitative estimate of drug-likeness (QED) is 0.163. The van der Waals surface area contributed by atoms with E-state index in [2.05, 4.69) is 234 Å². The van der Waals surface area contributed by atoms with Crippen LogP contribution in [-0.4, -0.2) is 12.3 Å². The Hall–Kier alpha value is -5.80. The molecule has 7 aromatic carbocycles. The van der Waals surface area contributed by atoms with Gasteiger partial charge in [0.05, 0.1) is 11.2 Å². The lowest BCUT2D eigenvalue weighted by atomic mass is 9.33. The second kappa shape index (κ2) is 14.4. The summed E-state index contributed by atoms with van der Waals surface area (Å²) in [7, 11) is 0. The Bertz CT molecular complexity index is 3240. The van der Waals surface area contributed by atoms with Gasteiger partial charge in [0, 0.05) is 44.7 Å². The summed E-state index contributed by atoms with van der Waals surface area (Å²) in [5.74, 6) is 0. The summed E-state index contributed by atoms with van der Waals surface area (Å²) in [5, 5.41) is 0. The minimum absolute atomic E-state index is 0.0125. The van der Waals surface area contributed by atoms with Crippen molar-refractivity contribution in [2.75, 3.05) is 9.80 Å². The summed E-state index contributed by atoms with van der Waals surface area (Å²) < 4.78 is 0. The smallest absolute Gasteiger partial charge is 0.252 e. The van der Waals surface area contributed by atoms with Crippen LogP contribution in [0.3, 0.4) is 0 Å². The van der Waals surface area contributed by atoms with Crippen LogP contribution in [0.2, 0.25) is 0 Å². The van der Waals surface area contributed by atoms with E-state index in [1.165, 1.54) is 137 Å². The van der Waals surface area contributed by atoms with Gasteiger partial charge in [-0.15, -0.1) is 0 Å². The van der Waals surface area contributed by atoms with Gasteiger partial charge in [-0.2, -0.15) is 0 Å². The number of hydrogen-bond acceptors (Lipinski definition) is 2. The molecule has 12 rings (SSSR count). The summed E-state index contributed by atoms with van der Waals surface area (Å²) in [6, 6.07) is 50.7. The predicted octanol–water partition coefficient (Wildman–Crippen LogP) is 15.9. The van der Waals surface area contributed by atoms with Crippen molar-refractivity contribution in [3.05, 3.63) is 166 Å². The maximum Gasteiger partial charge on any atom is 0.252 e. The average molecular weight is 903 g/mol. The first-order valence-electron chi connectivity index (χ1n) is 26.1. The van der Waals surface area contributed by atoms with Crippen molar-refractivity contribution in [1.29, 1.82) is 0 Å². The number of anilines is 5. The van der Waals surface area contributed by atoms with E-state index in [0.717, 1.165) is 0 Å². The number of hydrogen-bond donors (Lipinski definition) is 0. The van der Waals surface area contributed by atoms with Crippen molar-refractivity contribution >= 4 is 51.5 Å². The summed E-state index contributed by atoms with van der Waals surface area (Å²) in [6.07, 6.45) is 4.91. The maximum atomic E-state index is 2.91. The van der Waals surface area contributed by atoms with Crippen molar-refractivity contribution in [1.82, 2.24) is 0 Å². The molecule has 0 spiro atoms. The molecule has 0 radical (unpaired) electrons. The molecule has 3 heterocycles. The highest BCUT2D eigenvalue weighted by Gasteiger charge is 2.62. The fraction of sp³-hybridized carbons (Fsp3) is 0.364. The molecule has 0 N–H and O–H groups in total. The molecule has 1 saturated carbocycles. The highest BCUT2D eigenvalue weighted by Crippen LogP contribution is 2.63. The van der Waals surface area contributed by atoms with E-state index in [4.69, 9.17) is 0 Å². The van der Waals surface area contributed by atoms with Crippen LogP contribution in [0.1, 0.15) is 155 Å². The summed E-state index contributed by atoms with van der Waals surface area (Å²) in [4.78, 5) is 5.68. The Kier molecular flexibility index (Phi) is 9.27. The standard InChI is InChI=1S/C66H71BN2/c1-40-31-56-58-57(32-40)69-60-52(65(13)29-21-22-30-66(65,69)14)36-45(63(8,9)10)37-54(60)67(58)53-38-49-46-28-27-43(61(2,3)4)35-50(46)64(11,12)51(49)39-55(53)68(56)59-47(41-23-17-15-18-24-41)33-44(62(5,6)7)34-48(59)42-25-19-16-20-26-42/h15-20,23-28,31-39H,21-22,29-30H2,1-14H3. The monoisotopic (exact) mass is 903 g/mol. The molecule has 3 heteroatoms. The average Bonchev–Trinajstić information content (AvgIpc) is 3.65. The predicted molar refractivity (Wildman–Crippen MR) is 298 cm³/mol. The molecule has 0 bridgehead atoms. The SMILES string of the molecule is Cc1cc2c3c(c1)N1c4c(cc(C(C)(C)C)cc4C4(C)CCCCC14C)B3c1cc3c(cc1N2c1c(-c2ccccc2)cc(C(C)(C)C)cc1-c1ccccc1)C(C)(C)c1cc(C(C)(C)C)ccc1-3. The molecular formula is C66H71BN2. The number of rotatable bonds is 3. The number of fused-ring (bicyclic) bond motifs is 10. The Labute approximate surface area is 414 Å². The molecular weight excluding hydrogens is 832 g/mol. The highest BCUT2D eigenvalue weighted by atomic mass is 15.3. The van der Waals surface area contributed by atoms with E-state index >= 15 is 0 Å². The highest BCUT2D eigenvalue weighted by molar-refractivity contribution is 7.00.